The van der Waals surface area contributed by atoms with Crippen molar-refractivity contribution < 1.29 is 19.1 Å². The summed E-state index contributed by atoms with van der Waals surface area (Å²) in [5, 5.41) is 3.04. The van der Waals surface area contributed by atoms with Gasteiger partial charge in [0.25, 0.3) is 5.91 Å². The van der Waals surface area contributed by atoms with Gasteiger partial charge in [0, 0.05) is 19.5 Å². The summed E-state index contributed by atoms with van der Waals surface area (Å²) < 4.78 is 11.3. The van der Waals surface area contributed by atoms with Crippen molar-refractivity contribution in [3.05, 3.63) is 95.1 Å². The van der Waals surface area contributed by atoms with E-state index in [9.17, 15) is 9.59 Å². The molecule has 3 aromatic carbocycles. The Morgan fingerprint density at radius 1 is 0.919 bits per heavy atom. The van der Waals surface area contributed by atoms with Gasteiger partial charge in [-0.15, -0.1) is 0 Å². The lowest BCUT2D eigenvalue weighted by Crippen LogP contribution is -2.52. The van der Waals surface area contributed by atoms with Crippen LogP contribution >= 0.6 is 0 Å². The molecule has 0 aromatic heterocycles. The molecule has 3 aromatic rings. The topological polar surface area (TPSA) is 67.9 Å². The van der Waals surface area contributed by atoms with Gasteiger partial charge in [0.2, 0.25) is 5.91 Å². The first-order valence-corrected chi connectivity index (χ1v) is 12.7. The predicted octanol–water partition coefficient (Wildman–Crippen LogP) is 5.10. The Kier molecular flexibility index (Phi) is 10.1. The van der Waals surface area contributed by atoms with Crippen LogP contribution in [0.15, 0.2) is 72.8 Å². The minimum atomic E-state index is -0.706. The number of hydrogen-bond acceptors (Lipinski definition) is 4. The normalized spacial score (nSPS) is 11.6. The van der Waals surface area contributed by atoms with Crippen molar-refractivity contribution in [2.75, 3.05) is 20.3 Å². The molecule has 2 amide bonds. The fourth-order valence-corrected chi connectivity index (χ4v) is 4.13. The van der Waals surface area contributed by atoms with E-state index in [0.29, 0.717) is 24.5 Å². The summed E-state index contributed by atoms with van der Waals surface area (Å²) in [5.74, 6) is 1.20. The van der Waals surface area contributed by atoms with E-state index in [1.807, 2.05) is 100 Å². The summed E-state index contributed by atoms with van der Waals surface area (Å²) in [4.78, 5) is 28.9. The van der Waals surface area contributed by atoms with Crippen molar-refractivity contribution in [1.82, 2.24) is 10.2 Å². The van der Waals surface area contributed by atoms with Crippen LogP contribution in [-0.2, 0) is 22.6 Å². The van der Waals surface area contributed by atoms with Gasteiger partial charge < -0.3 is 19.7 Å². The van der Waals surface area contributed by atoms with Crippen molar-refractivity contribution in [2.24, 2.45) is 5.92 Å². The maximum atomic E-state index is 13.7. The van der Waals surface area contributed by atoms with E-state index in [1.54, 1.807) is 12.0 Å². The smallest absolute Gasteiger partial charge is 0.261 e. The summed E-state index contributed by atoms with van der Waals surface area (Å²) in [6.45, 7) is 8.67. The molecule has 0 saturated heterocycles. The maximum Gasteiger partial charge on any atom is 0.261 e. The van der Waals surface area contributed by atoms with Gasteiger partial charge in [-0.25, -0.2) is 0 Å². The number of aryl methyl sites for hydroxylation is 2. The number of amides is 2. The Morgan fingerprint density at radius 2 is 1.65 bits per heavy atom. The van der Waals surface area contributed by atoms with Crippen LogP contribution in [-0.4, -0.2) is 43.0 Å². The molecule has 0 aliphatic heterocycles. The molecule has 37 heavy (non-hydrogen) atoms. The number of nitrogens with one attached hydrogen (secondary N) is 1. The van der Waals surface area contributed by atoms with Gasteiger partial charge in [0.05, 0.1) is 7.11 Å². The highest BCUT2D eigenvalue weighted by molar-refractivity contribution is 5.88. The number of rotatable bonds is 12. The molecule has 1 N–H and O–H groups in total. The average Bonchev–Trinajstić information content (AvgIpc) is 2.89. The summed E-state index contributed by atoms with van der Waals surface area (Å²) in [6, 6.07) is 22.5. The molecule has 0 saturated carbocycles. The molecule has 0 spiro atoms. The Bertz CT molecular complexity index is 1180. The fraction of sp³-hybridized carbons (Fsp3) is 0.355. The fourth-order valence-electron chi connectivity index (χ4n) is 4.13. The first kappa shape index (κ1) is 27.8. The third-order valence-electron chi connectivity index (χ3n) is 6.12. The van der Waals surface area contributed by atoms with Crippen LogP contribution in [0.25, 0.3) is 0 Å². The Balaban J connectivity index is 1.92. The van der Waals surface area contributed by atoms with Gasteiger partial charge in [0.15, 0.2) is 6.61 Å². The van der Waals surface area contributed by atoms with E-state index in [2.05, 4.69) is 5.32 Å². The van der Waals surface area contributed by atoms with Gasteiger partial charge in [0.1, 0.15) is 17.5 Å². The van der Waals surface area contributed by atoms with Gasteiger partial charge in [-0.1, -0.05) is 74.0 Å². The molecule has 6 nitrogen and oxygen atoms in total. The summed E-state index contributed by atoms with van der Waals surface area (Å²) in [7, 11) is 1.61. The van der Waals surface area contributed by atoms with Crippen molar-refractivity contribution in [1.29, 1.82) is 0 Å². The molecule has 0 heterocycles. The van der Waals surface area contributed by atoms with Crippen LogP contribution < -0.4 is 14.8 Å². The zero-order valence-electron chi connectivity index (χ0n) is 22.5. The maximum absolute atomic E-state index is 13.7. The third-order valence-corrected chi connectivity index (χ3v) is 6.12. The van der Waals surface area contributed by atoms with Crippen molar-refractivity contribution >= 4 is 11.8 Å². The van der Waals surface area contributed by atoms with Crippen LogP contribution in [0.1, 0.15) is 36.1 Å². The van der Waals surface area contributed by atoms with Gasteiger partial charge in [-0.3, -0.25) is 9.59 Å². The van der Waals surface area contributed by atoms with Crippen LogP contribution in [0.5, 0.6) is 11.5 Å². The lowest BCUT2D eigenvalue weighted by molar-refractivity contribution is -0.142. The van der Waals surface area contributed by atoms with Crippen molar-refractivity contribution in [2.45, 2.75) is 46.7 Å². The van der Waals surface area contributed by atoms with Crippen LogP contribution in [0.3, 0.4) is 0 Å². The second kappa shape index (κ2) is 13.5. The largest absolute Gasteiger partial charge is 0.497 e. The molecule has 0 aliphatic rings. The highest BCUT2D eigenvalue weighted by atomic mass is 16.5. The molecule has 1 atom stereocenters. The summed E-state index contributed by atoms with van der Waals surface area (Å²) >= 11 is 0. The molecule has 0 radical (unpaired) electrons. The molecule has 0 unspecified atom stereocenters. The van der Waals surface area contributed by atoms with Crippen LogP contribution in [0.4, 0.5) is 0 Å². The van der Waals surface area contributed by atoms with Gasteiger partial charge in [-0.05, 0) is 54.7 Å². The number of benzene rings is 3. The minimum Gasteiger partial charge on any atom is -0.497 e. The van der Waals surface area contributed by atoms with Gasteiger partial charge >= 0.3 is 0 Å². The number of carbonyl (C=O) groups is 2. The number of hydrogen-bond donors (Lipinski definition) is 1. The Labute approximate surface area is 220 Å². The zero-order chi connectivity index (χ0) is 26.8. The molecule has 6 heteroatoms. The number of ether oxygens (including phenoxy) is 2. The Morgan fingerprint density at radius 3 is 2.32 bits per heavy atom. The van der Waals surface area contributed by atoms with Crippen molar-refractivity contribution in [3.63, 3.8) is 0 Å². The van der Waals surface area contributed by atoms with Crippen LogP contribution in [0, 0.1) is 19.8 Å². The van der Waals surface area contributed by atoms with E-state index < -0.39 is 6.04 Å². The second-order valence-corrected chi connectivity index (χ2v) is 9.78. The number of nitrogens with zero attached hydrogens (tertiary/aromatic N) is 1. The number of carbonyl (C=O) groups excluding carboxylic acids is 2. The summed E-state index contributed by atoms with van der Waals surface area (Å²) in [5.41, 5.74) is 3.93. The Hall–Kier alpha value is -3.80. The van der Waals surface area contributed by atoms with E-state index in [-0.39, 0.29) is 30.9 Å². The highest BCUT2D eigenvalue weighted by Gasteiger charge is 2.31. The van der Waals surface area contributed by atoms with E-state index in [0.717, 1.165) is 22.3 Å². The van der Waals surface area contributed by atoms with E-state index >= 15 is 0 Å². The zero-order valence-corrected chi connectivity index (χ0v) is 22.5. The second-order valence-electron chi connectivity index (χ2n) is 9.78. The molecule has 0 fully saturated rings. The monoisotopic (exact) mass is 502 g/mol. The minimum absolute atomic E-state index is 0.170. The first-order chi connectivity index (χ1) is 17.8. The van der Waals surface area contributed by atoms with E-state index in [1.165, 1.54) is 0 Å². The number of methoxy groups -OCH3 is 1. The summed E-state index contributed by atoms with van der Waals surface area (Å²) in [6.07, 6.45) is 0.393. The molecule has 3 rings (SSSR count). The predicted molar refractivity (Wildman–Crippen MR) is 147 cm³/mol. The van der Waals surface area contributed by atoms with E-state index in [4.69, 9.17) is 9.47 Å². The lowest BCUT2D eigenvalue weighted by atomic mass is 10.0. The molecule has 196 valence electrons. The SMILES string of the molecule is COc1cccc(CN(C(=O)COc2ccc(C)cc2C)[C@H](Cc2ccccc2)C(=O)NCC(C)C)c1. The third kappa shape index (κ3) is 8.38. The standard InChI is InChI=1S/C31H38N2O4/c1-22(2)19-32-31(35)28(18-25-10-7-6-8-11-25)33(20-26-12-9-13-27(17-26)36-5)30(34)21-37-29-15-14-23(3)16-24(29)4/h6-17,22,28H,18-21H2,1-5H3,(H,32,35)/t28-/m1/s1. The lowest BCUT2D eigenvalue weighted by Gasteiger charge is -2.32. The highest BCUT2D eigenvalue weighted by Crippen LogP contribution is 2.21. The van der Waals surface area contributed by atoms with Gasteiger partial charge in [-0.2, -0.15) is 0 Å². The van der Waals surface area contributed by atoms with Crippen molar-refractivity contribution in [3.8, 4) is 11.5 Å². The van der Waals surface area contributed by atoms with Crippen LogP contribution in [0.2, 0.25) is 0 Å². The molecular weight excluding hydrogens is 464 g/mol. The molecule has 0 bridgehead atoms. The molecular formula is C31H38N2O4. The average molecular weight is 503 g/mol. The first-order valence-electron chi connectivity index (χ1n) is 12.7. The quantitative estimate of drug-likeness (QED) is 0.374. The molecule has 0 aliphatic carbocycles.